The van der Waals surface area contributed by atoms with Crippen LogP contribution in [-0.2, 0) is 9.59 Å². The Morgan fingerprint density at radius 1 is 1.12 bits per heavy atom. The lowest BCUT2D eigenvalue weighted by molar-refractivity contribution is -0.130. The molecule has 2 aromatic carbocycles. The standard InChI is InChI=1S/C17H12ClN3O2S/c18-11-5-4-6-12(9-11)19-10-14-15(22)20-17(24)21(16(14)23)13-7-2-1-3-8-13/h1-10,14H,(H,20,22,24)/t14-/m1/s1. The number of rotatable bonds is 3. The summed E-state index contributed by atoms with van der Waals surface area (Å²) in [5.74, 6) is -2.00. The third kappa shape index (κ3) is 3.34. The zero-order chi connectivity index (χ0) is 17.1. The predicted molar refractivity (Wildman–Crippen MR) is 97.8 cm³/mol. The van der Waals surface area contributed by atoms with Crippen molar-refractivity contribution in [3.8, 4) is 0 Å². The second-order valence-electron chi connectivity index (χ2n) is 5.04. The van der Waals surface area contributed by atoms with Gasteiger partial charge in [-0.2, -0.15) is 0 Å². The van der Waals surface area contributed by atoms with Crippen LogP contribution in [0.3, 0.4) is 0 Å². The summed E-state index contributed by atoms with van der Waals surface area (Å²) in [7, 11) is 0. The maximum Gasteiger partial charge on any atom is 0.251 e. The molecule has 1 saturated heterocycles. The van der Waals surface area contributed by atoms with Gasteiger partial charge >= 0.3 is 0 Å². The van der Waals surface area contributed by atoms with Crippen molar-refractivity contribution in [1.29, 1.82) is 0 Å². The molecule has 0 unspecified atom stereocenters. The molecule has 1 N–H and O–H groups in total. The number of hydrogen-bond donors (Lipinski definition) is 1. The third-order valence-electron chi connectivity index (χ3n) is 3.40. The van der Waals surface area contributed by atoms with Gasteiger partial charge in [-0.25, -0.2) is 0 Å². The van der Waals surface area contributed by atoms with E-state index >= 15 is 0 Å². The fourth-order valence-corrected chi connectivity index (χ4v) is 2.74. The number of nitrogens with zero attached hydrogens (tertiary/aromatic N) is 2. The summed E-state index contributed by atoms with van der Waals surface area (Å²) in [5.41, 5.74) is 1.15. The van der Waals surface area contributed by atoms with E-state index in [-0.39, 0.29) is 5.11 Å². The highest BCUT2D eigenvalue weighted by Crippen LogP contribution is 2.21. The zero-order valence-corrected chi connectivity index (χ0v) is 13.9. The van der Waals surface area contributed by atoms with Crippen LogP contribution in [0.15, 0.2) is 59.6 Å². The summed E-state index contributed by atoms with van der Waals surface area (Å²) >= 11 is 11.0. The number of para-hydroxylation sites is 1. The van der Waals surface area contributed by atoms with Gasteiger partial charge in [-0.3, -0.25) is 19.5 Å². The molecule has 0 aromatic heterocycles. The van der Waals surface area contributed by atoms with Crippen molar-refractivity contribution in [3.63, 3.8) is 0 Å². The predicted octanol–water partition coefficient (Wildman–Crippen LogP) is 3.11. The molecule has 0 radical (unpaired) electrons. The molecule has 1 aliphatic heterocycles. The van der Waals surface area contributed by atoms with Crippen molar-refractivity contribution in [2.45, 2.75) is 0 Å². The Morgan fingerprint density at radius 2 is 1.88 bits per heavy atom. The van der Waals surface area contributed by atoms with E-state index in [2.05, 4.69) is 10.3 Å². The SMILES string of the molecule is O=C1NC(=S)N(c2ccccc2)C(=O)[C@@H]1C=Nc1cccc(Cl)c1. The van der Waals surface area contributed by atoms with E-state index in [9.17, 15) is 9.59 Å². The second-order valence-corrected chi connectivity index (χ2v) is 5.86. The first kappa shape index (κ1) is 16.3. The molecule has 3 rings (SSSR count). The number of carbonyl (C=O) groups is 2. The summed E-state index contributed by atoms with van der Waals surface area (Å²) in [5, 5.41) is 3.12. The minimum atomic E-state index is -1.06. The number of benzene rings is 2. The van der Waals surface area contributed by atoms with Gasteiger partial charge in [0.05, 0.1) is 11.4 Å². The fraction of sp³-hybridized carbons (Fsp3) is 0.0588. The van der Waals surface area contributed by atoms with Crippen molar-refractivity contribution in [2.24, 2.45) is 10.9 Å². The van der Waals surface area contributed by atoms with E-state index in [1.165, 1.54) is 11.1 Å². The third-order valence-corrected chi connectivity index (χ3v) is 3.92. The highest BCUT2D eigenvalue weighted by Gasteiger charge is 2.38. The van der Waals surface area contributed by atoms with E-state index < -0.39 is 17.7 Å². The highest BCUT2D eigenvalue weighted by molar-refractivity contribution is 7.80. The monoisotopic (exact) mass is 357 g/mol. The largest absolute Gasteiger partial charge is 0.301 e. The average Bonchev–Trinajstić information content (AvgIpc) is 2.55. The summed E-state index contributed by atoms with van der Waals surface area (Å²) in [6.45, 7) is 0. The van der Waals surface area contributed by atoms with Crippen LogP contribution in [0.2, 0.25) is 5.02 Å². The van der Waals surface area contributed by atoms with Crippen LogP contribution >= 0.6 is 23.8 Å². The Labute approximate surface area is 148 Å². The van der Waals surface area contributed by atoms with Crippen molar-refractivity contribution in [2.75, 3.05) is 4.90 Å². The lowest BCUT2D eigenvalue weighted by Gasteiger charge is -2.30. The number of amides is 2. The van der Waals surface area contributed by atoms with Crippen molar-refractivity contribution in [1.82, 2.24) is 5.32 Å². The van der Waals surface area contributed by atoms with Crippen LogP contribution < -0.4 is 10.2 Å². The Balaban J connectivity index is 1.88. The van der Waals surface area contributed by atoms with Crippen LogP contribution in [0.5, 0.6) is 0 Å². The maximum atomic E-state index is 12.7. The van der Waals surface area contributed by atoms with E-state index in [0.29, 0.717) is 16.4 Å². The summed E-state index contributed by atoms with van der Waals surface area (Å²) in [6.07, 6.45) is 1.31. The molecule has 0 bridgehead atoms. The molecule has 24 heavy (non-hydrogen) atoms. The van der Waals surface area contributed by atoms with Gasteiger partial charge < -0.3 is 5.32 Å². The Kier molecular flexibility index (Phi) is 4.69. The smallest absolute Gasteiger partial charge is 0.251 e. The maximum absolute atomic E-state index is 12.7. The number of carbonyl (C=O) groups excluding carboxylic acids is 2. The molecule has 7 heteroatoms. The first-order valence-corrected chi connectivity index (χ1v) is 7.88. The molecular formula is C17H12ClN3O2S. The number of halogens is 1. The van der Waals surface area contributed by atoms with Gasteiger partial charge in [0.25, 0.3) is 5.91 Å². The molecule has 1 fully saturated rings. The van der Waals surface area contributed by atoms with Gasteiger partial charge in [0.1, 0.15) is 0 Å². The molecule has 0 saturated carbocycles. The molecule has 1 aliphatic rings. The van der Waals surface area contributed by atoms with Crippen molar-refractivity contribution < 1.29 is 9.59 Å². The van der Waals surface area contributed by atoms with Crippen LogP contribution in [0, 0.1) is 5.92 Å². The molecule has 5 nitrogen and oxygen atoms in total. The van der Waals surface area contributed by atoms with Gasteiger partial charge in [-0.05, 0) is 42.5 Å². The fourth-order valence-electron chi connectivity index (χ4n) is 2.26. The Hall–Kier alpha value is -2.57. The van der Waals surface area contributed by atoms with E-state index in [0.717, 1.165) is 0 Å². The number of thiocarbonyl (C=S) groups is 1. The number of aliphatic imine (C=N–C) groups is 1. The minimum absolute atomic E-state index is 0.0589. The van der Waals surface area contributed by atoms with Crippen molar-refractivity contribution in [3.05, 3.63) is 59.6 Å². The van der Waals surface area contributed by atoms with Gasteiger partial charge in [0.15, 0.2) is 11.0 Å². The minimum Gasteiger partial charge on any atom is -0.301 e. The summed E-state index contributed by atoms with van der Waals surface area (Å²) in [4.78, 5) is 30.3. The molecule has 2 aromatic rings. The molecular weight excluding hydrogens is 346 g/mol. The normalized spacial score (nSPS) is 18.1. The molecule has 1 heterocycles. The number of anilines is 1. The van der Waals surface area contributed by atoms with E-state index in [1.54, 1.807) is 48.5 Å². The summed E-state index contributed by atoms with van der Waals surface area (Å²) < 4.78 is 0. The lowest BCUT2D eigenvalue weighted by Crippen LogP contribution is -2.58. The van der Waals surface area contributed by atoms with E-state index in [1.807, 2.05) is 6.07 Å². The first-order chi connectivity index (χ1) is 11.6. The Bertz CT molecular complexity index is 839. The number of hydrogen-bond acceptors (Lipinski definition) is 4. The van der Waals surface area contributed by atoms with E-state index in [4.69, 9.17) is 23.8 Å². The number of nitrogens with one attached hydrogen (secondary N) is 1. The average molecular weight is 358 g/mol. The van der Waals surface area contributed by atoms with Gasteiger partial charge in [-0.1, -0.05) is 35.9 Å². The van der Waals surface area contributed by atoms with Crippen LogP contribution in [0.4, 0.5) is 11.4 Å². The Morgan fingerprint density at radius 3 is 2.58 bits per heavy atom. The molecule has 120 valence electrons. The topological polar surface area (TPSA) is 61.8 Å². The zero-order valence-electron chi connectivity index (χ0n) is 12.3. The first-order valence-electron chi connectivity index (χ1n) is 7.10. The molecule has 0 spiro atoms. The van der Waals surface area contributed by atoms with Gasteiger partial charge in [0.2, 0.25) is 5.91 Å². The molecule has 1 atom stereocenters. The molecule has 0 aliphatic carbocycles. The molecule has 2 amide bonds. The highest BCUT2D eigenvalue weighted by atomic mass is 35.5. The van der Waals surface area contributed by atoms with Crippen LogP contribution in [0.1, 0.15) is 0 Å². The second kappa shape index (κ2) is 6.90. The van der Waals surface area contributed by atoms with Crippen molar-refractivity contribution >= 4 is 58.3 Å². The lowest BCUT2D eigenvalue weighted by atomic mass is 10.1. The summed E-state index contributed by atoms with van der Waals surface area (Å²) in [6, 6.07) is 15.7. The van der Waals surface area contributed by atoms with Gasteiger partial charge in [-0.15, -0.1) is 0 Å². The van der Waals surface area contributed by atoms with Gasteiger partial charge in [0, 0.05) is 11.2 Å². The van der Waals surface area contributed by atoms with Crippen LogP contribution in [0.25, 0.3) is 0 Å². The quantitative estimate of drug-likeness (QED) is 0.521. The van der Waals surface area contributed by atoms with Crippen LogP contribution in [-0.4, -0.2) is 23.1 Å².